The minimum atomic E-state index is -0.0289. The molecule has 0 radical (unpaired) electrons. The van der Waals surface area contributed by atoms with Crippen molar-refractivity contribution in [1.29, 1.82) is 0 Å². The van der Waals surface area contributed by atoms with Crippen LogP contribution in [0.25, 0.3) is 10.4 Å². The van der Waals surface area contributed by atoms with Gasteiger partial charge in [-0.2, -0.15) is 0 Å². The zero-order valence-corrected chi connectivity index (χ0v) is 17.6. The molecule has 0 unspecified atom stereocenters. The SMILES string of the molecule is COc1ccc(C)cc1N(C)C(=O)c1cc2c(s1)-c1ccc(Cl)cc1SC2. The number of thiophene rings is 1. The summed E-state index contributed by atoms with van der Waals surface area (Å²) in [5, 5.41) is 0.740. The molecule has 1 amide bonds. The fraction of sp³-hybridized carbons (Fsp3) is 0.190. The van der Waals surface area contributed by atoms with Crippen LogP contribution in [0.15, 0.2) is 47.4 Å². The van der Waals surface area contributed by atoms with E-state index in [1.54, 1.807) is 42.2 Å². The zero-order valence-electron chi connectivity index (χ0n) is 15.2. The second-order valence-corrected chi connectivity index (χ2v) is 8.94. The van der Waals surface area contributed by atoms with Gasteiger partial charge in [-0.1, -0.05) is 23.7 Å². The van der Waals surface area contributed by atoms with Gasteiger partial charge in [0.1, 0.15) is 5.75 Å². The van der Waals surface area contributed by atoms with E-state index in [0.29, 0.717) is 5.75 Å². The minimum Gasteiger partial charge on any atom is -0.495 e. The average Bonchev–Trinajstić information content (AvgIpc) is 3.11. The van der Waals surface area contributed by atoms with E-state index in [0.717, 1.165) is 37.3 Å². The molecule has 0 bridgehead atoms. The molecule has 0 saturated heterocycles. The standard InChI is InChI=1S/C21H18ClNO2S2/c1-12-4-7-17(25-3)16(8-12)23(2)21(24)19-9-13-11-26-18-10-14(22)5-6-15(18)20(13)27-19/h4-10H,11H2,1-3H3. The second-order valence-electron chi connectivity index (χ2n) is 6.43. The molecule has 2 heterocycles. The molecule has 6 heteroatoms. The lowest BCUT2D eigenvalue weighted by Crippen LogP contribution is -2.26. The quantitative estimate of drug-likeness (QED) is 0.505. The van der Waals surface area contributed by atoms with Crippen molar-refractivity contribution < 1.29 is 9.53 Å². The summed E-state index contributed by atoms with van der Waals surface area (Å²) in [7, 11) is 3.41. The first-order chi connectivity index (χ1) is 13.0. The third-order valence-electron chi connectivity index (χ3n) is 4.59. The molecule has 0 fully saturated rings. The van der Waals surface area contributed by atoms with Gasteiger partial charge in [0.05, 0.1) is 17.7 Å². The van der Waals surface area contributed by atoms with Gasteiger partial charge in [0, 0.05) is 33.2 Å². The van der Waals surface area contributed by atoms with Crippen LogP contribution in [0.2, 0.25) is 5.02 Å². The number of aryl methyl sites for hydroxylation is 1. The highest BCUT2D eigenvalue weighted by atomic mass is 35.5. The molecule has 3 aromatic rings. The number of amides is 1. The molecule has 1 aromatic heterocycles. The topological polar surface area (TPSA) is 29.5 Å². The number of rotatable bonds is 3. The Kier molecular flexibility index (Phi) is 4.93. The zero-order chi connectivity index (χ0) is 19.1. The number of benzene rings is 2. The lowest BCUT2D eigenvalue weighted by Gasteiger charge is -2.20. The molecule has 0 saturated carbocycles. The molecule has 0 aliphatic carbocycles. The number of hydrogen-bond donors (Lipinski definition) is 0. The summed E-state index contributed by atoms with van der Waals surface area (Å²) in [5.41, 5.74) is 4.21. The molecule has 2 aromatic carbocycles. The number of fused-ring (bicyclic) bond motifs is 3. The largest absolute Gasteiger partial charge is 0.495 e. The van der Waals surface area contributed by atoms with Crippen LogP contribution in [-0.4, -0.2) is 20.1 Å². The molecular weight excluding hydrogens is 398 g/mol. The van der Waals surface area contributed by atoms with Gasteiger partial charge in [0.25, 0.3) is 5.91 Å². The molecule has 1 aliphatic heterocycles. The van der Waals surface area contributed by atoms with Crippen molar-refractivity contribution in [3.05, 3.63) is 63.5 Å². The van der Waals surface area contributed by atoms with Crippen LogP contribution in [0.4, 0.5) is 5.69 Å². The Bertz CT molecular complexity index is 1040. The monoisotopic (exact) mass is 415 g/mol. The number of methoxy groups -OCH3 is 1. The third-order valence-corrected chi connectivity index (χ3v) is 7.13. The maximum Gasteiger partial charge on any atom is 0.268 e. The van der Waals surface area contributed by atoms with E-state index in [-0.39, 0.29) is 5.91 Å². The first-order valence-electron chi connectivity index (χ1n) is 8.46. The fourth-order valence-electron chi connectivity index (χ4n) is 3.16. The molecule has 138 valence electrons. The maximum absolute atomic E-state index is 13.2. The third kappa shape index (κ3) is 3.35. The Morgan fingerprint density at radius 1 is 1.19 bits per heavy atom. The van der Waals surface area contributed by atoms with E-state index in [4.69, 9.17) is 16.3 Å². The number of ether oxygens (including phenoxy) is 1. The Morgan fingerprint density at radius 3 is 2.78 bits per heavy atom. The van der Waals surface area contributed by atoms with Gasteiger partial charge in [-0.3, -0.25) is 4.79 Å². The highest BCUT2D eigenvalue weighted by Gasteiger charge is 2.25. The van der Waals surface area contributed by atoms with Crippen LogP contribution in [0.3, 0.4) is 0 Å². The molecule has 4 rings (SSSR count). The first-order valence-corrected chi connectivity index (χ1v) is 10.6. The van der Waals surface area contributed by atoms with Gasteiger partial charge >= 0.3 is 0 Å². The van der Waals surface area contributed by atoms with Crippen molar-refractivity contribution in [2.45, 2.75) is 17.6 Å². The van der Waals surface area contributed by atoms with Crippen molar-refractivity contribution in [3.63, 3.8) is 0 Å². The molecule has 3 nitrogen and oxygen atoms in total. The first kappa shape index (κ1) is 18.4. The number of carbonyl (C=O) groups is 1. The molecular formula is C21H18ClNO2S2. The van der Waals surface area contributed by atoms with Crippen LogP contribution >= 0.6 is 34.7 Å². The highest BCUT2D eigenvalue weighted by molar-refractivity contribution is 7.98. The van der Waals surface area contributed by atoms with Gasteiger partial charge in [-0.05, 0) is 48.4 Å². The van der Waals surface area contributed by atoms with E-state index in [1.165, 1.54) is 10.5 Å². The number of thioether (sulfide) groups is 1. The Labute approximate surface area is 171 Å². The van der Waals surface area contributed by atoms with E-state index in [1.807, 2.05) is 49.4 Å². The maximum atomic E-state index is 13.2. The van der Waals surface area contributed by atoms with Crippen LogP contribution in [-0.2, 0) is 5.75 Å². The van der Waals surface area contributed by atoms with Crippen molar-refractivity contribution >= 4 is 46.3 Å². The number of anilines is 1. The van der Waals surface area contributed by atoms with Gasteiger partial charge in [-0.15, -0.1) is 23.1 Å². The lowest BCUT2D eigenvalue weighted by molar-refractivity contribution is 0.0996. The molecule has 1 aliphatic rings. The summed E-state index contributed by atoms with van der Waals surface area (Å²) in [6.45, 7) is 2.00. The lowest BCUT2D eigenvalue weighted by atomic mass is 10.1. The second kappa shape index (κ2) is 7.23. The summed E-state index contributed by atoms with van der Waals surface area (Å²) in [4.78, 5) is 17.9. The normalized spacial score (nSPS) is 12.3. The molecule has 27 heavy (non-hydrogen) atoms. The minimum absolute atomic E-state index is 0.0289. The van der Waals surface area contributed by atoms with Crippen LogP contribution in [0.1, 0.15) is 20.8 Å². The number of carbonyl (C=O) groups excluding carboxylic acids is 1. The van der Waals surface area contributed by atoms with E-state index < -0.39 is 0 Å². The van der Waals surface area contributed by atoms with Crippen molar-refractivity contribution in [2.75, 3.05) is 19.1 Å². The summed E-state index contributed by atoms with van der Waals surface area (Å²) in [6.07, 6.45) is 0. The van der Waals surface area contributed by atoms with Gasteiger partial charge in [-0.25, -0.2) is 0 Å². The average molecular weight is 416 g/mol. The summed E-state index contributed by atoms with van der Waals surface area (Å²) in [5.74, 6) is 1.51. The van der Waals surface area contributed by atoms with Crippen molar-refractivity contribution in [1.82, 2.24) is 0 Å². The van der Waals surface area contributed by atoms with Crippen LogP contribution in [0, 0.1) is 6.92 Å². The predicted molar refractivity (Wildman–Crippen MR) is 115 cm³/mol. The highest BCUT2D eigenvalue weighted by Crippen LogP contribution is 2.46. The van der Waals surface area contributed by atoms with E-state index in [9.17, 15) is 4.79 Å². The molecule has 0 atom stereocenters. The Hall–Kier alpha value is -1.95. The Morgan fingerprint density at radius 2 is 2.00 bits per heavy atom. The van der Waals surface area contributed by atoms with Gasteiger partial charge in [0.15, 0.2) is 0 Å². The number of halogens is 1. The summed E-state index contributed by atoms with van der Waals surface area (Å²) >= 11 is 9.43. The number of nitrogens with zero attached hydrogens (tertiary/aromatic N) is 1. The smallest absolute Gasteiger partial charge is 0.268 e. The van der Waals surface area contributed by atoms with E-state index in [2.05, 4.69) is 0 Å². The molecule has 0 spiro atoms. The Balaban J connectivity index is 1.71. The molecule has 0 N–H and O–H groups in total. The van der Waals surface area contributed by atoms with Gasteiger partial charge < -0.3 is 9.64 Å². The van der Waals surface area contributed by atoms with Crippen molar-refractivity contribution in [2.24, 2.45) is 0 Å². The van der Waals surface area contributed by atoms with Crippen LogP contribution in [0.5, 0.6) is 5.75 Å². The van der Waals surface area contributed by atoms with Crippen LogP contribution < -0.4 is 9.64 Å². The van der Waals surface area contributed by atoms with Crippen molar-refractivity contribution in [3.8, 4) is 16.2 Å². The number of hydrogen-bond acceptors (Lipinski definition) is 4. The predicted octanol–water partition coefficient (Wildman–Crippen LogP) is 6.27. The van der Waals surface area contributed by atoms with E-state index >= 15 is 0 Å². The fourth-order valence-corrected chi connectivity index (χ4v) is 5.83. The van der Waals surface area contributed by atoms with Gasteiger partial charge in [0.2, 0.25) is 0 Å². The summed E-state index contributed by atoms with van der Waals surface area (Å²) < 4.78 is 5.44. The summed E-state index contributed by atoms with van der Waals surface area (Å²) in [6, 6.07) is 13.8.